The number of carbonyl (C=O) groups excluding carboxylic acids is 2. The molecule has 0 saturated heterocycles. The number of ether oxygens (including phenoxy) is 2. The highest BCUT2D eigenvalue weighted by molar-refractivity contribution is 9.10. The lowest BCUT2D eigenvalue weighted by Gasteiger charge is -2.16. The Hall–Kier alpha value is -2.34. The van der Waals surface area contributed by atoms with Gasteiger partial charge in [-0.3, -0.25) is 4.79 Å². The summed E-state index contributed by atoms with van der Waals surface area (Å²) >= 11 is 3.37. The number of benzene rings is 2. The number of aryl methyl sites for hydroxylation is 1. The Morgan fingerprint density at radius 2 is 1.81 bits per heavy atom. The standard InChI is InChI=1S/C20H22BrNO4/c1-13-5-4-6-18(11-13)26-15(3)20(24)25-12-19(23)22-14(2)16-7-9-17(21)10-8-16/h4-11,14-15H,12H2,1-3H3,(H,22,23)/t14-,15-/m0/s1. The topological polar surface area (TPSA) is 64.6 Å². The normalized spacial score (nSPS) is 12.8. The van der Waals surface area contributed by atoms with Gasteiger partial charge in [-0.15, -0.1) is 0 Å². The molecule has 2 atom stereocenters. The number of halogens is 1. The summed E-state index contributed by atoms with van der Waals surface area (Å²) < 4.78 is 11.5. The fourth-order valence-corrected chi connectivity index (χ4v) is 2.58. The first-order valence-electron chi connectivity index (χ1n) is 8.30. The molecular formula is C20H22BrNO4. The molecule has 2 aromatic carbocycles. The van der Waals surface area contributed by atoms with Crippen molar-refractivity contribution < 1.29 is 19.1 Å². The highest BCUT2D eigenvalue weighted by Crippen LogP contribution is 2.17. The molecule has 5 nitrogen and oxygen atoms in total. The van der Waals surface area contributed by atoms with Crippen molar-refractivity contribution >= 4 is 27.8 Å². The third kappa shape index (κ3) is 6.19. The fraction of sp³-hybridized carbons (Fsp3) is 0.300. The summed E-state index contributed by atoms with van der Waals surface area (Å²) in [7, 11) is 0. The zero-order valence-electron chi connectivity index (χ0n) is 15.0. The molecule has 0 bridgehead atoms. The van der Waals surface area contributed by atoms with Crippen LogP contribution in [0.5, 0.6) is 5.75 Å². The van der Waals surface area contributed by atoms with Crippen LogP contribution in [0.2, 0.25) is 0 Å². The van der Waals surface area contributed by atoms with E-state index < -0.39 is 12.1 Å². The van der Waals surface area contributed by atoms with Crippen molar-refractivity contribution in [1.82, 2.24) is 5.32 Å². The first-order chi connectivity index (χ1) is 12.3. The maximum Gasteiger partial charge on any atom is 0.347 e. The number of amides is 1. The third-order valence-corrected chi connectivity index (χ3v) is 4.26. The van der Waals surface area contributed by atoms with Crippen molar-refractivity contribution in [3.8, 4) is 5.75 Å². The molecule has 26 heavy (non-hydrogen) atoms. The Labute approximate surface area is 161 Å². The zero-order chi connectivity index (χ0) is 19.1. The minimum atomic E-state index is -0.798. The van der Waals surface area contributed by atoms with Crippen LogP contribution in [0.3, 0.4) is 0 Å². The van der Waals surface area contributed by atoms with Gasteiger partial charge in [-0.2, -0.15) is 0 Å². The monoisotopic (exact) mass is 419 g/mol. The lowest BCUT2D eigenvalue weighted by atomic mass is 10.1. The molecule has 0 radical (unpaired) electrons. The first-order valence-corrected chi connectivity index (χ1v) is 9.09. The van der Waals surface area contributed by atoms with Gasteiger partial charge in [-0.05, 0) is 56.2 Å². The smallest absolute Gasteiger partial charge is 0.347 e. The predicted molar refractivity (Wildman–Crippen MR) is 103 cm³/mol. The first kappa shape index (κ1) is 20.0. The highest BCUT2D eigenvalue weighted by atomic mass is 79.9. The second-order valence-corrected chi connectivity index (χ2v) is 6.94. The second-order valence-electron chi connectivity index (χ2n) is 6.03. The molecule has 0 aliphatic carbocycles. The lowest BCUT2D eigenvalue weighted by molar-refractivity contribution is -0.154. The maximum atomic E-state index is 12.0. The molecule has 1 amide bonds. The van der Waals surface area contributed by atoms with Crippen LogP contribution in [0.1, 0.15) is 31.0 Å². The summed E-state index contributed by atoms with van der Waals surface area (Å²) in [6.45, 7) is 5.05. The van der Waals surface area contributed by atoms with Crippen LogP contribution in [0.25, 0.3) is 0 Å². The molecule has 138 valence electrons. The van der Waals surface area contributed by atoms with Gasteiger partial charge < -0.3 is 14.8 Å². The largest absolute Gasteiger partial charge is 0.479 e. The third-order valence-electron chi connectivity index (χ3n) is 3.73. The van der Waals surface area contributed by atoms with E-state index in [1.807, 2.05) is 56.3 Å². The van der Waals surface area contributed by atoms with Crippen LogP contribution in [-0.2, 0) is 14.3 Å². The van der Waals surface area contributed by atoms with E-state index in [4.69, 9.17) is 9.47 Å². The van der Waals surface area contributed by atoms with Gasteiger partial charge in [-0.1, -0.05) is 40.2 Å². The molecule has 0 aromatic heterocycles. The molecule has 0 aliphatic heterocycles. The molecule has 0 heterocycles. The summed E-state index contributed by atoms with van der Waals surface area (Å²) in [5.74, 6) is -0.364. The van der Waals surface area contributed by atoms with Gasteiger partial charge in [0.05, 0.1) is 6.04 Å². The van der Waals surface area contributed by atoms with E-state index >= 15 is 0 Å². The Kier molecular flexibility index (Phi) is 7.21. The van der Waals surface area contributed by atoms with Crippen molar-refractivity contribution in [3.63, 3.8) is 0 Å². The van der Waals surface area contributed by atoms with Crippen molar-refractivity contribution in [1.29, 1.82) is 0 Å². The second kappa shape index (κ2) is 9.38. The minimum Gasteiger partial charge on any atom is -0.479 e. The average molecular weight is 420 g/mol. The molecule has 2 aromatic rings. The van der Waals surface area contributed by atoms with E-state index in [9.17, 15) is 9.59 Å². The number of rotatable bonds is 7. The highest BCUT2D eigenvalue weighted by Gasteiger charge is 2.18. The Bertz CT molecular complexity index is 761. The van der Waals surface area contributed by atoms with Crippen molar-refractivity contribution in [2.45, 2.75) is 32.9 Å². The zero-order valence-corrected chi connectivity index (χ0v) is 16.6. The molecular weight excluding hydrogens is 398 g/mol. The van der Waals surface area contributed by atoms with Crippen LogP contribution in [0, 0.1) is 6.92 Å². The number of hydrogen-bond acceptors (Lipinski definition) is 4. The Balaban J connectivity index is 1.78. The van der Waals surface area contributed by atoms with Crippen molar-refractivity contribution in [2.75, 3.05) is 6.61 Å². The van der Waals surface area contributed by atoms with Crippen molar-refractivity contribution in [2.24, 2.45) is 0 Å². The van der Waals surface area contributed by atoms with Crippen molar-refractivity contribution in [3.05, 3.63) is 64.1 Å². The molecule has 0 fully saturated rings. The van der Waals surface area contributed by atoms with E-state index in [1.54, 1.807) is 13.0 Å². The number of esters is 1. The molecule has 1 N–H and O–H groups in total. The van der Waals surface area contributed by atoms with Gasteiger partial charge >= 0.3 is 5.97 Å². The van der Waals surface area contributed by atoms with Gasteiger partial charge in [0.15, 0.2) is 12.7 Å². The van der Waals surface area contributed by atoms with Gasteiger partial charge in [0.25, 0.3) is 5.91 Å². The molecule has 0 unspecified atom stereocenters. The minimum absolute atomic E-state index is 0.185. The van der Waals surface area contributed by atoms with E-state index in [1.165, 1.54) is 0 Å². The van der Waals surface area contributed by atoms with Crippen LogP contribution in [-0.4, -0.2) is 24.6 Å². The van der Waals surface area contributed by atoms with Crippen LogP contribution in [0.15, 0.2) is 53.0 Å². The van der Waals surface area contributed by atoms with Gasteiger partial charge in [0.2, 0.25) is 0 Å². The molecule has 0 spiro atoms. The van der Waals surface area contributed by atoms with Crippen LogP contribution >= 0.6 is 15.9 Å². The molecule has 6 heteroatoms. The number of hydrogen-bond donors (Lipinski definition) is 1. The fourth-order valence-electron chi connectivity index (χ4n) is 2.31. The molecule has 0 aliphatic rings. The quantitative estimate of drug-likeness (QED) is 0.690. The summed E-state index contributed by atoms with van der Waals surface area (Å²) in [4.78, 5) is 24.0. The Morgan fingerprint density at radius 1 is 1.12 bits per heavy atom. The van der Waals surface area contributed by atoms with E-state index in [0.717, 1.165) is 15.6 Å². The van der Waals surface area contributed by atoms with Crippen LogP contribution < -0.4 is 10.1 Å². The average Bonchev–Trinajstić information content (AvgIpc) is 2.60. The van der Waals surface area contributed by atoms with Gasteiger partial charge in [0.1, 0.15) is 5.75 Å². The summed E-state index contributed by atoms with van der Waals surface area (Å²) in [6.07, 6.45) is -0.798. The Morgan fingerprint density at radius 3 is 2.46 bits per heavy atom. The van der Waals surface area contributed by atoms with Crippen LogP contribution in [0.4, 0.5) is 0 Å². The SMILES string of the molecule is Cc1cccc(O[C@@H](C)C(=O)OCC(=O)N[C@@H](C)c2ccc(Br)cc2)c1. The van der Waals surface area contributed by atoms with E-state index in [-0.39, 0.29) is 18.6 Å². The summed E-state index contributed by atoms with van der Waals surface area (Å²) in [6, 6.07) is 14.8. The molecule has 2 rings (SSSR count). The lowest BCUT2D eigenvalue weighted by Crippen LogP contribution is -2.34. The number of carbonyl (C=O) groups is 2. The van der Waals surface area contributed by atoms with E-state index in [2.05, 4.69) is 21.2 Å². The summed E-state index contributed by atoms with van der Waals surface area (Å²) in [5.41, 5.74) is 1.99. The molecule has 0 saturated carbocycles. The van der Waals surface area contributed by atoms with Gasteiger partial charge in [-0.25, -0.2) is 4.79 Å². The maximum absolute atomic E-state index is 12.0. The number of nitrogens with one attached hydrogen (secondary N) is 1. The van der Waals surface area contributed by atoms with E-state index in [0.29, 0.717) is 5.75 Å². The summed E-state index contributed by atoms with van der Waals surface area (Å²) in [5, 5.41) is 2.79. The predicted octanol–water partition coefficient (Wildman–Crippen LogP) is 3.95. The van der Waals surface area contributed by atoms with Gasteiger partial charge in [0, 0.05) is 4.47 Å².